The van der Waals surface area contributed by atoms with Crippen molar-refractivity contribution in [3.8, 4) is 0 Å². The Labute approximate surface area is 97.4 Å². The molecule has 1 unspecified atom stereocenters. The van der Waals surface area contributed by atoms with Crippen LogP contribution in [0.3, 0.4) is 0 Å². The summed E-state index contributed by atoms with van der Waals surface area (Å²) in [5.41, 5.74) is -2.64. The zero-order valence-electron chi connectivity index (χ0n) is 9.26. The first-order valence-corrected chi connectivity index (χ1v) is 5.01. The summed E-state index contributed by atoms with van der Waals surface area (Å²) in [7, 11) is 0. The fourth-order valence-corrected chi connectivity index (χ4v) is 1.29. The molecule has 0 aliphatic heterocycles. The van der Waals surface area contributed by atoms with Gasteiger partial charge in [-0.05, 0) is 6.42 Å². The fraction of sp³-hybridized carbons (Fsp3) is 0.889. The molecule has 0 bridgehead atoms. The van der Waals surface area contributed by atoms with Gasteiger partial charge in [0.15, 0.2) is 5.60 Å². The number of carboxylic acids is 1. The van der Waals surface area contributed by atoms with E-state index in [2.05, 4.69) is 0 Å². The topological polar surface area (TPSA) is 159 Å². The molecule has 0 aliphatic carbocycles. The van der Waals surface area contributed by atoms with Crippen LogP contribution in [0, 0.1) is 0 Å². The van der Waals surface area contributed by atoms with Crippen LogP contribution in [0.5, 0.6) is 0 Å². The number of aliphatic hydroxyl groups excluding tert-OH is 5. The van der Waals surface area contributed by atoms with E-state index >= 15 is 0 Å². The lowest BCUT2D eigenvalue weighted by molar-refractivity contribution is -0.196. The minimum atomic E-state index is -2.64. The van der Waals surface area contributed by atoms with Crippen LogP contribution >= 0.6 is 0 Å². The molecule has 0 spiro atoms. The minimum Gasteiger partial charge on any atom is -0.479 e. The van der Waals surface area contributed by atoms with Gasteiger partial charge < -0.3 is 35.7 Å². The molecule has 5 atom stereocenters. The zero-order valence-corrected chi connectivity index (χ0v) is 9.26. The number of aliphatic carboxylic acids is 1. The summed E-state index contributed by atoms with van der Waals surface area (Å²) in [6.07, 6.45) is -8.47. The first kappa shape index (κ1) is 16.2. The van der Waals surface area contributed by atoms with Crippen LogP contribution in [0.4, 0.5) is 0 Å². The van der Waals surface area contributed by atoms with Gasteiger partial charge in [-0.1, -0.05) is 6.92 Å². The van der Waals surface area contributed by atoms with Crippen LogP contribution < -0.4 is 0 Å². The van der Waals surface area contributed by atoms with E-state index in [9.17, 15) is 25.2 Å². The van der Waals surface area contributed by atoms with Crippen molar-refractivity contribution in [2.24, 2.45) is 0 Å². The molecule has 0 fully saturated rings. The zero-order chi connectivity index (χ0) is 13.8. The maximum atomic E-state index is 10.7. The van der Waals surface area contributed by atoms with E-state index in [1.165, 1.54) is 6.92 Å². The molecule has 0 aromatic rings. The monoisotopic (exact) mass is 254 g/mol. The smallest absolute Gasteiger partial charge is 0.338 e. The van der Waals surface area contributed by atoms with Gasteiger partial charge in [0.1, 0.15) is 24.4 Å². The number of hydrogen-bond donors (Lipinski definition) is 7. The SMILES string of the molecule is CCC(O)(C(=O)O)[C@H](O)[C@@H](O)[C@H](O)[C@H](O)CO. The highest BCUT2D eigenvalue weighted by molar-refractivity contribution is 5.78. The van der Waals surface area contributed by atoms with E-state index in [-0.39, 0.29) is 0 Å². The van der Waals surface area contributed by atoms with Crippen LogP contribution in [-0.4, -0.2) is 78.3 Å². The Bertz CT molecular complexity index is 257. The van der Waals surface area contributed by atoms with Crippen molar-refractivity contribution in [3.05, 3.63) is 0 Å². The van der Waals surface area contributed by atoms with Gasteiger partial charge in [0.2, 0.25) is 0 Å². The van der Waals surface area contributed by atoms with Crippen molar-refractivity contribution in [1.29, 1.82) is 0 Å². The number of carboxylic acid groups (broad SMARTS) is 1. The lowest BCUT2D eigenvalue weighted by atomic mass is 9.87. The van der Waals surface area contributed by atoms with Crippen LogP contribution in [-0.2, 0) is 4.79 Å². The summed E-state index contributed by atoms with van der Waals surface area (Å²) in [4.78, 5) is 10.7. The molecule has 102 valence electrons. The molecule has 0 aliphatic rings. The number of hydrogen-bond acceptors (Lipinski definition) is 7. The Morgan fingerprint density at radius 3 is 1.94 bits per heavy atom. The van der Waals surface area contributed by atoms with Gasteiger partial charge in [-0.2, -0.15) is 0 Å². The van der Waals surface area contributed by atoms with Gasteiger partial charge >= 0.3 is 5.97 Å². The highest BCUT2D eigenvalue weighted by Gasteiger charge is 2.48. The van der Waals surface area contributed by atoms with Crippen molar-refractivity contribution in [2.45, 2.75) is 43.4 Å². The summed E-state index contributed by atoms with van der Waals surface area (Å²) in [6.45, 7) is 0.376. The summed E-state index contributed by atoms with van der Waals surface area (Å²) >= 11 is 0. The summed E-state index contributed by atoms with van der Waals surface area (Å²) in [5, 5.41) is 64.0. The normalized spacial score (nSPS) is 22.3. The predicted molar refractivity (Wildman–Crippen MR) is 54.0 cm³/mol. The molecular weight excluding hydrogens is 236 g/mol. The largest absolute Gasteiger partial charge is 0.479 e. The van der Waals surface area contributed by atoms with E-state index in [1.54, 1.807) is 0 Å². The Balaban J connectivity index is 4.90. The number of carbonyl (C=O) groups is 1. The quantitative estimate of drug-likeness (QED) is 0.248. The second-order valence-electron chi connectivity index (χ2n) is 3.76. The summed E-state index contributed by atoms with van der Waals surface area (Å²) in [6, 6.07) is 0. The Hall–Kier alpha value is -0.770. The molecule has 0 saturated heterocycles. The lowest BCUT2D eigenvalue weighted by Gasteiger charge is -2.33. The van der Waals surface area contributed by atoms with Crippen molar-refractivity contribution in [2.75, 3.05) is 6.61 Å². The van der Waals surface area contributed by atoms with Crippen molar-refractivity contribution >= 4 is 5.97 Å². The maximum Gasteiger partial charge on any atom is 0.338 e. The van der Waals surface area contributed by atoms with Gasteiger partial charge in [0, 0.05) is 0 Å². The molecule has 0 rings (SSSR count). The average Bonchev–Trinajstić information content (AvgIpc) is 2.33. The molecule has 8 nitrogen and oxygen atoms in total. The molecular formula is C9H18O8. The van der Waals surface area contributed by atoms with Crippen LogP contribution in [0.2, 0.25) is 0 Å². The van der Waals surface area contributed by atoms with Crippen molar-refractivity contribution in [3.63, 3.8) is 0 Å². The lowest BCUT2D eigenvalue weighted by Crippen LogP contribution is -2.59. The highest BCUT2D eigenvalue weighted by atomic mass is 16.4. The molecule has 0 saturated carbocycles. The molecule has 7 N–H and O–H groups in total. The highest BCUT2D eigenvalue weighted by Crippen LogP contribution is 2.21. The first-order valence-electron chi connectivity index (χ1n) is 5.01. The van der Waals surface area contributed by atoms with E-state index in [1.807, 2.05) is 0 Å². The minimum absolute atomic E-state index is 0.414. The number of rotatable bonds is 7. The first-order chi connectivity index (χ1) is 7.72. The maximum absolute atomic E-state index is 10.7. The Morgan fingerprint density at radius 1 is 1.18 bits per heavy atom. The van der Waals surface area contributed by atoms with Crippen LogP contribution in [0.1, 0.15) is 13.3 Å². The third-order valence-electron chi connectivity index (χ3n) is 2.65. The van der Waals surface area contributed by atoms with Crippen molar-refractivity contribution < 1.29 is 40.5 Å². The van der Waals surface area contributed by atoms with Crippen molar-refractivity contribution in [1.82, 2.24) is 0 Å². The Kier molecular flexibility index (Phi) is 5.96. The third-order valence-corrected chi connectivity index (χ3v) is 2.65. The second kappa shape index (κ2) is 6.24. The standard InChI is InChI=1S/C9H18O8/c1-2-9(17,8(15)16)7(14)6(13)5(12)4(11)3-10/h4-7,10-14,17H,2-3H2,1H3,(H,15,16)/t4-,5-,6+,7-,9?/m1/s1. The third kappa shape index (κ3) is 3.35. The molecule has 0 radical (unpaired) electrons. The second-order valence-corrected chi connectivity index (χ2v) is 3.76. The fourth-order valence-electron chi connectivity index (χ4n) is 1.29. The number of aliphatic hydroxyl groups is 6. The van der Waals surface area contributed by atoms with E-state index in [0.29, 0.717) is 0 Å². The van der Waals surface area contributed by atoms with Gasteiger partial charge in [0.05, 0.1) is 6.61 Å². The van der Waals surface area contributed by atoms with E-state index in [0.717, 1.165) is 0 Å². The summed E-state index contributed by atoms with van der Waals surface area (Å²) < 4.78 is 0. The van der Waals surface area contributed by atoms with Gasteiger partial charge in [-0.3, -0.25) is 0 Å². The van der Waals surface area contributed by atoms with Gasteiger partial charge in [0.25, 0.3) is 0 Å². The van der Waals surface area contributed by atoms with Gasteiger partial charge in [-0.15, -0.1) is 0 Å². The van der Waals surface area contributed by atoms with E-state index in [4.69, 9.17) is 15.3 Å². The van der Waals surface area contributed by atoms with Crippen LogP contribution in [0.15, 0.2) is 0 Å². The van der Waals surface area contributed by atoms with Crippen LogP contribution in [0.25, 0.3) is 0 Å². The molecule has 8 heteroatoms. The summed E-state index contributed by atoms with van der Waals surface area (Å²) in [5.74, 6) is -1.77. The molecule has 0 amide bonds. The van der Waals surface area contributed by atoms with Gasteiger partial charge in [-0.25, -0.2) is 4.79 Å². The predicted octanol–water partition coefficient (Wildman–Crippen LogP) is -3.35. The molecule has 0 aromatic carbocycles. The Morgan fingerprint density at radius 2 is 1.65 bits per heavy atom. The molecule has 0 aromatic heterocycles. The average molecular weight is 254 g/mol. The molecule has 0 heterocycles. The molecule has 17 heavy (non-hydrogen) atoms. The van der Waals surface area contributed by atoms with E-state index < -0.39 is 49.0 Å².